The lowest BCUT2D eigenvalue weighted by molar-refractivity contribution is -0.130. The highest BCUT2D eigenvalue weighted by Gasteiger charge is 2.20. The molecule has 2 heterocycles. The largest absolute Gasteiger partial charge is 0.378 e. The summed E-state index contributed by atoms with van der Waals surface area (Å²) in [6.07, 6.45) is 1.60. The zero-order valence-corrected chi connectivity index (χ0v) is 10.9. The average Bonchev–Trinajstić information content (AvgIpc) is 2.30. The molecule has 0 aromatic rings. The molecule has 0 bridgehead atoms. The van der Waals surface area contributed by atoms with Crippen molar-refractivity contribution in [1.29, 1.82) is 0 Å². The quantitative estimate of drug-likeness (QED) is 0.671. The van der Waals surface area contributed by atoms with Gasteiger partial charge in [-0.15, -0.1) is 0 Å². The molecule has 0 radical (unpaired) electrons. The Morgan fingerprint density at radius 1 is 1.53 bits per heavy atom. The average molecular weight is 341 g/mol. The van der Waals surface area contributed by atoms with E-state index in [0.29, 0.717) is 31.5 Å². The van der Waals surface area contributed by atoms with Crippen LogP contribution in [0.15, 0.2) is 14.8 Å². The molecule has 0 spiro atoms. The van der Waals surface area contributed by atoms with Gasteiger partial charge in [0.05, 0.1) is 16.8 Å². The summed E-state index contributed by atoms with van der Waals surface area (Å²) >= 11 is 5.29. The fourth-order valence-electron chi connectivity index (χ4n) is 1.30. The van der Waals surface area contributed by atoms with Crippen molar-refractivity contribution in [2.45, 2.75) is 0 Å². The monoisotopic (exact) mass is 340 g/mol. The lowest BCUT2D eigenvalue weighted by Gasteiger charge is -2.27. The molecule has 4 nitrogen and oxygen atoms in total. The molecule has 1 amide bonds. The Morgan fingerprint density at radius 2 is 2.27 bits per heavy atom. The van der Waals surface area contributed by atoms with Crippen LogP contribution in [0.1, 0.15) is 0 Å². The van der Waals surface area contributed by atoms with Crippen molar-refractivity contribution in [1.82, 2.24) is 4.90 Å². The van der Waals surface area contributed by atoms with Crippen LogP contribution in [0.25, 0.3) is 0 Å². The first-order valence-corrected chi connectivity index (χ1v) is 7.25. The third-order valence-electron chi connectivity index (χ3n) is 2.07. The Hall–Kier alpha value is -0.270. The highest BCUT2D eigenvalue weighted by atomic mass is 127. The van der Waals surface area contributed by atoms with E-state index in [-0.39, 0.29) is 5.91 Å². The van der Waals surface area contributed by atoms with Crippen molar-refractivity contribution < 1.29 is 9.53 Å². The van der Waals surface area contributed by atoms with Gasteiger partial charge in [-0.05, 0) is 0 Å². The van der Waals surface area contributed by atoms with Gasteiger partial charge < -0.3 is 9.64 Å². The molecule has 1 fully saturated rings. The van der Waals surface area contributed by atoms with E-state index in [1.165, 1.54) is 0 Å². The van der Waals surface area contributed by atoms with E-state index in [2.05, 4.69) is 4.99 Å². The van der Waals surface area contributed by atoms with Crippen molar-refractivity contribution in [2.24, 2.45) is 4.99 Å². The summed E-state index contributed by atoms with van der Waals surface area (Å²) in [7, 11) is 0. The molecular formula is C9H10ClIN2O2. The molecule has 0 N–H and O–H groups in total. The maximum Gasteiger partial charge on any atom is 0.261 e. The van der Waals surface area contributed by atoms with Crippen molar-refractivity contribution in [3.63, 3.8) is 0 Å². The van der Waals surface area contributed by atoms with Crippen LogP contribution in [-0.4, -0.2) is 46.3 Å². The van der Waals surface area contributed by atoms with Gasteiger partial charge in [0, 0.05) is 23.3 Å². The molecule has 6 heteroatoms. The van der Waals surface area contributed by atoms with Gasteiger partial charge in [0.2, 0.25) is 0 Å². The summed E-state index contributed by atoms with van der Waals surface area (Å²) in [5.74, 6) is 0.0928. The second-order valence-electron chi connectivity index (χ2n) is 3.05. The van der Waals surface area contributed by atoms with E-state index in [1.54, 1.807) is 6.20 Å². The summed E-state index contributed by atoms with van der Waals surface area (Å²) in [5, 5.41) is 0.501. The minimum atomic E-state index is -0.417. The molecule has 0 aromatic carbocycles. The molecule has 0 saturated carbocycles. The van der Waals surface area contributed by atoms with Gasteiger partial charge in [-0.3, -0.25) is 4.79 Å². The van der Waals surface area contributed by atoms with Crippen molar-refractivity contribution >= 4 is 47.4 Å². The minimum absolute atomic E-state index is 0.0928. The van der Waals surface area contributed by atoms with Gasteiger partial charge in [0.25, 0.3) is 5.91 Å². The number of carbonyl (C=O) groups is 1. The van der Waals surface area contributed by atoms with Crippen LogP contribution in [0.3, 0.4) is 0 Å². The lowest BCUT2D eigenvalue weighted by atomic mass is 10.4. The first-order chi connectivity index (χ1) is 7.27. The fourth-order valence-corrected chi connectivity index (χ4v) is 3.28. The molecule has 0 aromatic heterocycles. The molecule has 1 saturated heterocycles. The standard InChI is InChI=1S/C9H10ClIN2O2/c10-8-5-11-7(6-12-8)9(14)13-1-3-15-4-2-13/h5-6H,1-4H2. The van der Waals surface area contributed by atoms with Gasteiger partial charge in [-0.25, -0.2) is 4.99 Å². The molecule has 2 aliphatic rings. The molecule has 82 valence electrons. The number of hydrogen-bond acceptors (Lipinski definition) is 3. The highest BCUT2D eigenvalue weighted by molar-refractivity contribution is 14.2. The van der Waals surface area contributed by atoms with Crippen LogP contribution in [0.2, 0.25) is 0 Å². The Labute approximate surface area is 103 Å². The predicted molar refractivity (Wildman–Crippen MR) is 68.9 cm³/mol. The molecule has 0 aliphatic carbocycles. The number of hydrogen-bond donors (Lipinski definition) is 0. The summed E-state index contributed by atoms with van der Waals surface area (Å²) in [6, 6.07) is 0. The van der Waals surface area contributed by atoms with Gasteiger partial charge in [0.1, 0.15) is 5.17 Å². The number of aliphatic imine (C=N–C) groups is 1. The van der Waals surface area contributed by atoms with E-state index in [1.807, 2.05) is 8.91 Å². The number of morpholine rings is 1. The lowest BCUT2D eigenvalue weighted by Crippen LogP contribution is -2.40. The molecule has 2 aliphatic heterocycles. The first kappa shape index (κ1) is 11.2. The summed E-state index contributed by atoms with van der Waals surface area (Å²) in [4.78, 5) is 17.7. The Bertz CT molecular complexity index is 359. The zero-order chi connectivity index (χ0) is 10.7. The topological polar surface area (TPSA) is 41.9 Å². The maximum atomic E-state index is 12.0. The number of carbonyl (C=O) groups excluding carboxylic acids is 1. The first-order valence-electron chi connectivity index (χ1n) is 4.54. The van der Waals surface area contributed by atoms with Gasteiger partial charge >= 0.3 is 0 Å². The second kappa shape index (κ2) is 5.18. The third-order valence-corrected chi connectivity index (χ3v) is 4.95. The van der Waals surface area contributed by atoms with Crippen LogP contribution in [0, 0.1) is 0 Å². The second-order valence-corrected chi connectivity index (χ2v) is 5.85. The van der Waals surface area contributed by atoms with Crippen LogP contribution in [-0.2, 0) is 9.53 Å². The van der Waals surface area contributed by atoms with Crippen LogP contribution in [0.4, 0.5) is 0 Å². The molecule has 0 atom stereocenters. The Balaban J connectivity index is 2.05. The van der Waals surface area contributed by atoms with E-state index >= 15 is 0 Å². The van der Waals surface area contributed by atoms with Gasteiger partial charge in [-0.1, -0.05) is 32.3 Å². The normalized spacial score (nSPS) is 21.5. The summed E-state index contributed by atoms with van der Waals surface area (Å²) in [6.45, 7) is 2.62. The van der Waals surface area contributed by atoms with Crippen molar-refractivity contribution in [2.75, 3.05) is 26.3 Å². The fraction of sp³-hybridized carbons (Fsp3) is 0.444. The Kier molecular flexibility index (Phi) is 3.87. The summed E-state index contributed by atoms with van der Waals surface area (Å²) in [5.41, 5.74) is 0. The number of ether oxygens (including phenoxy) is 1. The van der Waals surface area contributed by atoms with Crippen LogP contribution < -0.4 is 0 Å². The van der Waals surface area contributed by atoms with Crippen molar-refractivity contribution in [3.8, 4) is 0 Å². The molecular weight excluding hydrogens is 330 g/mol. The van der Waals surface area contributed by atoms with Gasteiger partial charge in [-0.2, -0.15) is 0 Å². The van der Waals surface area contributed by atoms with E-state index in [9.17, 15) is 4.79 Å². The Morgan fingerprint density at radius 3 is 2.87 bits per heavy atom. The highest BCUT2D eigenvalue weighted by Crippen LogP contribution is 2.21. The van der Waals surface area contributed by atoms with E-state index in [4.69, 9.17) is 16.3 Å². The number of halogens is 2. The molecule has 15 heavy (non-hydrogen) atoms. The number of amides is 1. The summed E-state index contributed by atoms with van der Waals surface area (Å²) < 4.78 is 7.85. The van der Waals surface area contributed by atoms with Gasteiger partial charge in [0.15, 0.2) is 0 Å². The zero-order valence-electron chi connectivity index (χ0n) is 7.95. The van der Waals surface area contributed by atoms with E-state index < -0.39 is 20.7 Å². The SMILES string of the molecule is O=C(C1=CN=C(Cl)C=I1)N1CCOCC1. The minimum Gasteiger partial charge on any atom is -0.378 e. The van der Waals surface area contributed by atoms with Crippen LogP contribution >= 0.6 is 32.3 Å². The smallest absolute Gasteiger partial charge is 0.261 e. The number of rotatable bonds is 1. The third kappa shape index (κ3) is 2.85. The maximum absolute atomic E-state index is 12.0. The van der Waals surface area contributed by atoms with Crippen LogP contribution in [0.5, 0.6) is 0 Å². The molecule has 0 unspecified atom stereocenters. The van der Waals surface area contributed by atoms with Crippen molar-refractivity contribution in [3.05, 3.63) is 9.78 Å². The molecule has 2 rings (SSSR count). The number of nitrogens with zero attached hydrogens (tertiary/aromatic N) is 2. The van der Waals surface area contributed by atoms with E-state index in [0.717, 1.165) is 3.58 Å². The predicted octanol–water partition coefficient (Wildman–Crippen LogP) is 1.11.